The van der Waals surface area contributed by atoms with Crippen molar-refractivity contribution >= 4 is 5.97 Å². The molecule has 0 aliphatic rings. The molecule has 0 N–H and O–H groups in total. The van der Waals surface area contributed by atoms with Crippen molar-refractivity contribution in [1.82, 2.24) is 5.16 Å². The number of carbonyl (C=O) groups excluding carboxylic acids is 1. The van der Waals surface area contributed by atoms with Gasteiger partial charge in [0.05, 0.1) is 0 Å². The summed E-state index contributed by atoms with van der Waals surface area (Å²) in [5.41, 5.74) is 3.72. The minimum atomic E-state index is -0.457. The molecule has 0 radical (unpaired) electrons. The van der Waals surface area contributed by atoms with Gasteiger partial charge in [-0.15, -0.1) is 0 Å². The van der Waals surface area contributed by atoms with Crippen LogP contribution < -0.4 is 4.74 Å². The van der Waals surface area contributed by atoms with Crippen molar-refractivity contribution in [2.75, 3.05) is 6.61 Å². The number of rotatable bonds is 6. The first-order valence-electron chi connectivity index (χ1n) is 7.98. The van der Waals surface area contributed by atoms with Crippen LogP contribution in [-0.2, 0) is 16.1 Å². The predicted molar refractivity (Wildman–Crippen MR) is 93.1 cm³/mol. The molecular formula is C20H19NO4. The molecule has 3 rings (SSSR count). The Morgan fingerprint density at radius 3 is 2.60 bits per heavy atom. The van der Waals surface area contributed by atoms with Gasteiger partial charge in [-0.3, -0.25) is 0 Å². The molecule has 0 aliphatic carbocycles. The largest absolute Gasteiger partial charge is 0.482 e. The van der Waals surface area contributed by atoms with Crippen molar-refractivity contribution in [2.24, 2.45) is 0 Å². The van der Waals surface area contributed by atoms with Crippen molar-refractivity contribution in [3.05, 3.63) is 71.4 Å². The van der Waals surface area contributed by atoms with Crippen LogP contribution in [0.2, 0.25) is 0 Å². The molecule has 0 bridgehead atoms. The summed E-state index contributed by atoms with van der Waals surface area (Å²) < 4.78 is 15.9. The number of carbonyl (C=O) groups is 1. The summed E-state index contributed by atoms with van der Waals surface area (Å²) in [6, 6.07) is 17.2. The van der Waals surface area contributed by atoms with E-state index in [9.17, 15) is 4.79 Å². The first-order chi connectivity index (χ1) is 12.1. The number of esters is 1. The summed E-state index contributed by atoms with van der Waals surface area (Å²) in [5.74, 6) is 0.823. The summed E-state index contributed by atoms with van der Waals surface area (Å²) in [4.78, 5) is 11.8. The van der Waals surface area contributed by atoms with Gasteiger partial charge >= 0.3 is 5.97 Å². The molecule has 0 atom stereocenters. The highest BCUT2D eigenvalue weighted by molar-refractivity contribution is 5.71. The van der Waals surface area contributed by atoms with E-state index in [1.807, 2.05) is 56.3 Å². The van der Waals surface area contributed by atoms with Crippen molar-refractivity contribution in [1.29, 1.82) is 0 Å². The van der Waals surface area contributed by atoms with Gasteiger partial charge in [-0.2, -0.15) is 0 Å². The van der Waals surface area contributed by atoms with E-state index in [0.29, 0.717) is 17.2 Å². The van der Waals surface area contributed by atoms with Gasteiger partial charge in [0, 0.05) is 11.6 Å². The van der Waals surface area contributed by atoms with Gasteiger partial charge in [0.15, 0.2) is 12.4 Å². The van der Waals surface area contributed by atoms with Crippen LogP contribution in [0.25, 0.3) is 11.3 Å². The number of aryl methyl sites for hydroxylation is 2. The monoisotopic (exact) mass is 337 g/mol. The third kappa shape index (κ3) is 4.70. The molecule has 0 fully saturated rings. The lowest BCUT2D eigenvalue weighted by molar-refractivity contribution is -0.147. The second kappa shape index (κ2) is 7.66. The Labute approximate surface area is 146 Å². The highest BCUT2D eigenvalue weighted by atomic mass is 16.6. The lowest BCUT2D eigenvalue weighted by Gasteiger charge is -2.06. The van der Waals surface area contributed by atoms with E-state index in [0.717, 1.165) is 11.1 Å². The molecular weight excluding hydrogens is 318 g/mol. The maximum absolute atomic E-state index is 11.8. The summed E-state index contributed by atoms with van der Waals surface area (Å²) >= 11 is 0. The number of nitrogens with zero attached hydrogens (tertiary/aromatic N) is 1. The third-order valence-corrected chi connectivity index (χ3v) is 3.62. The molecule has 0 unspecified atom stereocenters. The van der Waals surface area contributed by atoms with Crippen LogP contribution in [0.1, 0.15) is 16.8 Å². The standard InChI is InChI=1S/C20H19NO4/c1-14-6-8-16(9-7-14)19-11-17(21-25-19)12-24-20(22)13-23-18-5-3-4-15(2)10-18/h3-11H,12-13H2,1-2H3. The fourth-order valence-corrected chi connectivity index (χ4v) is 2.28. The average Bonchev–Trinajstić information content (AvgIpc) is 3.08. The molecule has 2 aromatic carbocycles. The molecule has 0 amide bonds. The lowest BCUT2D eigenvalue weighted by atomic mass is 10.1. The van der Waals surface area contributed by atoms with Crippen LogP contribution in [0.15, 0.2) is 59.1 Å². The molecule has 0 aliphatic heterocycles. The predicted octanol–water partition coefficient (Wildman–Crippen LogP) is 4.08. The second-order valence-electron chi connectivity index (χ2n) is 5.81. The minimum Gasteiger partial charge on any atom is -0.482 e. The molecule has 3 aromatic rings. The molecule has 1 heterocycles. The van der Waals surface area contributed by atoms with Crippen molar-refractivity contribution in [3.8, 4) is 17.1 Å². The molecule has 0 saturated carbocycles. The fourth-order valence-electron chi connectivity index (χ4n) is 2.28. The van der Waals surface area contributed by atoms with Gasteiger partial charge in [0.25, 0.3) is 0 Å². The van der Waals surface area contributed by atoms with Crippen LogP contribution in [0.4, 0.5) is 0 Å². The quantitative estimate of drug-likeness (QED) is 0.634. The highest BCUT2D eigenvalue weighted by Crippen LogP contribution is 2.21. The molecule has 25 heavy (non-hydrogen) atoms. The summed E-state index contributed by atoms with van der Waals surface area (Å²) in [6.45, 7) is 3.88. The third-order valence-electron chi connectivity index (χ3n) is 3.62. The Morgan fingerprint density at radius 1 is 1.04 bits per heavy atom. The zero-order valence-electron chi connectivity index (χ0n) is 14.2. The summed E-state index contributed by atoms with van der Waals surface area (Å²) in [6.07, 6.45) is 0. The smallest absolute Gasteiger partial charge is 0.344 e. The van der Waals surface area contributed by atoms with E-state index in [4.69, 9.17) is 14.0 Å². The average molecular weight is 337 g/mol. The van der Waals surface area contributed by atoms with Crippen LogP contribution in [0.3, 0.4) is 0 Å². The van der Waals surface area contributed by atoms with Gasteiger partial charge in [0.2, 0.25) is 0 Å². The Bertz CT molecular complexity index is 852. The van der Waals surface area contributed by atoms with Crippen LogP contribution >= 0.6 is 0 Å². The van der Waals surface area contributed by atoms with Gasteiger partial charge < -0.3 is 14.0 Å². The molecule has 0 saturated heterocycles. The number of aromatic nitrogens is 1. The van der Waals surface area contributed by atoms with Crippen molar-refractivity contribution in [2.45, 2.75) is 20.5 Å². The first-order valence-corrected chi connectivity index (χ1v) is 7.98. The minimum absolute atomic E-state index is 0.0470. The maximum Gasteiger partial charge on any atom is 0.344 e. The zero-order valence-corrected chi connectivity index (χ0v) is 14.2. The van der Waals surface area contributed by atoms with Crippen molar-refractivity contribution in [3.63, 3.8) is 0 Å². The van der Waals surface area contributed by atoms with Gasteiger partial charge in [-0.1, -0.05) is 47.1 Å². The molecule has 5 nitrogen and oxygen atoms in total. The topological polar surface area (TPSA) is 61.6 Å². The van der Waals surface area contributed by atoms with E-state index < -0.39 is 5.97 Å². The molecule has 0 spiro atoms. The lowest BCUT2D eigenvalue weighted by Crippen LogP contribution is -2.14. The zero-order chi connectivity index (χ0) is 17.6. The molecule has 128 valence electrons. The van der Waals surface area contributed by atoms with Gasteiger partial charge in [0.1, 0.15) is 18.1 Å². The van der Waals surface area contributed by atoms with Gasteiger partial charge in [-0.25, -0.2) is 4.79 Å². The van der Waals surface area contributed by atoms with Crippen LogP contribution in [-0.4, -0.2) is 17.7 Å². The van der Waals surface area contributed by atoms with E-state index in [1.165, 1.54) is 5.56 Å². The maximum atomic E-state index is 11.8. The summed E-state index contributed by atoms with van der Waals surface area (Å²) in [5, 5.41) is 3.92. The normalized spacial score (nSPS) is 10.5. The SMILES string of the molecule is Cc1ccc(-c2cc(COC(=O)COc3cccc(C)c3)no2)cc1. The highest BCUT2D eigenvalue weighted by Gasteiger charge is 2.10. The number of ether oxygens (including phenoxy) is 2. The fraction of sp³-hybridized carbons (Fsp3) is 0.200. The summed E-state index contributed by atoms with van der Waals surface area (Å²) in [7, 11) is 0. The van der Waals surface area contributed by atoms with E-state index in [1.54, 1.807) is 12.1 Å². The number of benzene rings is 2. The molecule has 1 aromatic heterocycles. The van der Waals surface area contributed by atoms with E-state index in [2.05, 4.69) is 5.16 Å². The van der Waals surface area contributed by atoms with Crippen LogP contribution in [0.5, 0.6) is 5.75 Å². The first kappa shape index (κ1) is 16.8. The Hall–Kier alpha value is -3.08. The Morgan fingerprint density at radius 2 is 1.84 bits per heavy atom. The number of hydrogen-bond donors (Lipinski definition) is 0. The second-order valence-corrected chi connectivity index (χ2v) is 5.81. The van der Waals surface area contributed by atoms with E-state index in [-0.39, 0.29) is 13.2 Å². The van der Waals surface area contributed by atoms with Gasteiger partial charge in [-0.05, 0) is 31.5 Å². The number of hydrogen-bond acceptors (Lipinski definition) is 5. The Balaban J connectivity index is 1.50. The molecule has 5 heteroatoms. The Kier molecular flexibility index (Phi) is 5.14. The van der Waals surface area contributed by atoms with E-state index >= 15 is 0 Å². The van der Waals surface area contributed by atoms with Crippen LogP contribution in [0, 0.1) is 13.8 Å². The van der Waals surface area contributed by atoms with Crippen molar-refractivity contribution < 1.29 is 18.8 Å².